The van der Waals surface area contributed by atoms with E-state index in [-0.39, 0.29) is 12.1 Å². The van der Waals surface area contributed by atoms with Crippen LogP contribution in [0.5, 0.6) is 5.75 Å². The Hall–Kier alpha value is -1.51. The van der Waals surface area contributed by atoms with Crippen LogP contribution in [0.1, 0.15) is 24.0 Å². The number of aromatic hydroxyl groups is 1. The highest BCUT2D eigenvalue weighted by Gasteiger charge is 2.23. The molecule has 0 amide bonds. The van der Waals surface area contributed by atoms with Gasteiger partial charge in [0.05, 0.1) is 0 Å². The van der Waals surface area contributed by atoms with E-state index in [9.17, 15) is 9.90 Å². The summed E-state index contributed by atoms with van der Waals surface area (Å²) in [6, 6.07) is 5.48. The molecule has 3 heteroatoms. The fraction of sp³-hybridized carbons (Fsp3) is 0.417. The molecule has 1 heterocycles. The summed E-state index contributed by atoms with van der Waals surface area (Å²) >= 11 is 0. The van der Waals surface area contributed by atoms with Crippen LogP contribution in [-0.4, -0.2) is 17.2 Å². The Kier molecular flexibility index (Phi) is 2.62. The van der Waals surface area contributed by atoms with E-state index < -0.39 is 0 Å². The highest BCUT2D eigenvalue weighted by atomic mass is 16.5. The van der Waals surface area contributed by atoms with Gasteiger partial charge in [0.2, 0.25) is 0 Å². The number of phenols is 1. The zero-order valence-corrected chi connectivity index (χ0v) is 8.69. The Morgan fingerprint density at radius 1 is 1.53 bits per heavy atom. The fourth-order valence-corrected chi connectivity index (χ4v) is 1.83. The number of aryl methyl sites for hydroxylation is 1. The van der Waals surface area contributed by atoms with E-state index in [0.29, 0.717) is 12.2 Å². The first kappa shape index (κ1) is 10.0. The third-order valence-corrected chi connectivity index (χ3v) is 2.69. The van der Waals surface area contributed by atoms with Crippen molar-refractivity contribution in [2.24, 2.45) is 0 Å². The van der Waals surface area contributed by atoms with Crippen LogP contribution < -0.4 is 0 Å². The van der Waals surface area contributed by atoms with Crippen molar-refractivity contribution < 1.29 is 14.6 Å². The predicted octanol–water partition coefficient (Wildman–Crippen LogP) is 1.95. The Balaban J connectivity index is 2.05. The Labute approximate surface area is 88.7 Å². The number of cyclic esters (lactones) is 1. The first-order valence-corrected chi connectivity index (χ1v) is 5.13. The van der Waals surface area contributed by atoms with Gasteiger partial charge in [-0.2, -0.15) is 0 Å². The minimum atomic E-state index is -0.101. The zero-order chi connectivity index (χ0) is 10.8. The average Bonchev–Trinajstić information content (AvgIpc) is 2.58. The molecule has 80 valence electrons. The topological polar surface area (TPSA) is 46.5 Å². The first-order chi connectivity index (χ1) is 7.15. The summed E-state index contributed by atoms with van der Waals surface area (Å²) in [4.78, 5) is 10.9. The second-order valence-corrected chi connectivity index (χ2v) is 3.98. The van der Waals surface area contributed by atoms with Gasteiger partial charge in [-0.1, -0.05) is 12.1 Å². The van der Waals surface area contributed by atoms with E-state index in [0.717, 1.165) is 24.0 Å². The van der Waals surface area contributed by atoms with Crippen molar-refractivity contribution in [1.82, 2.24) is 0 Å². The summed E-state index contributed by atoms with van der Waals surface area (Å²) in [5, 5.41) is 9.36. The quantitative estimate of drug-likeness (QED) is 0.752. The SMILES string of the molecule is Cc1cc(CC2CCC(=O)O2)ccc1O. The molecule has 1 atom stereocenters. The van der Waals surface area contributed by atoms with Crippen LogP contribution in [0.4, 0.5) is 0 Å². The first-order valence-electron chi connectivity index (χ1n) is 5.13. The molecule has 1 N–H and O–H groups in total. The van der Waals surface area contributed by atoms with Gasteiger partial charge >= 0.3 is 5.97 Å². The number of phenolic OH excluding ortho intramolecular Hbond substituents is 1. The van der Waals surface area contributed by atoms with Crippen molar-refractivity contribution in [2.45, 2.75) is 32.3 Å². The predicted molar refractivity (Wildman–Crippen MR) is 55.7 cm³/mol. The maximum Gasteiger partial charge on any atom is 0.306 e. The smallest absolute Gasteiger partial charge is 0.306 e. The molecule has 15 heavy (non-hydrogen) atoms. The molecule has 1 unspecified atom stereocenters. The number of hydrogen-bond acceptors (Lipinski definition) is 3. The van der Waals surface area contributed by atoms with Crippen molar-refractivity contribution in [3.63, 3.8) is 0 Å². The lowest BCUT2D eigenvalue weighted by atomic mass is 10.0. The van der Waals surface area contributed by atoms with E-state index in [1.165, 1.54) is 0 Å². The van der Waals surface area contributed by atoms with Gasteiger partial charge in [0.25, 0.3) is 0 Å². The molecule has 1 aliphatic heterocycles. The summed E-state index contributed by atoms with van der Waals surface area (Å²) < 4.78 is 5.13. The van der Waals surface area contributed by atoms with E-state index >= 15 is 0 Å². The molecular weight excluding hydrogens is 192 g/mol. The van der Waals surface area contributed by atoms with Gasteiger partial charge in [-0.25, -0.2) is 0 Å². The lowest BCUT2D eigenvalue weighted by Crippen LogP contribution is -2.10. The molecule has 0 spiro atoms. The molecule has 1 saturated heterocycles. The maximum atomic E-state index is 10.9. The van der Waals surface area contributed by atoms with E-state index in [2.05, 4.69) is 0 Å². The van der Waals surface area contributed by atoms with Crippen LogP contribution in [0.2, 0.25) is 0 Å². The number of ether oxygens (including phenoxy) is 1. The molecule has 3 nitrogen and oxygen atoms in total. The van der Waals surface area contributed by atoms with Crippen LogP contribution >= 0.6 is 0 Å². The minimum Gasteiger partial charge on any atom is -0.508 e. The lowest BCUT2D eigenvalue weighted by Gasteiger charge is -2.09. The third kappa shape index (κ3) is 2.29. The van der Waals surface area contributed by atoms with Gasteiger partial charge in [0.1, 0.15) is 11.9 Å². The van der Waals surface area contributed by atoms with Crippen molar-refractivity contribution >= 4 is 5.97 Å². The Morgan fingerprint density at radius 2 is 2.33 bits per heavy atom. The molecule has 0 aliphatic carbocycles. The number of rotatable bonds is 2. The van der Waals surface area contributed by atoms with Gasteiger partial charge in [0.15, 0.2) is 0 Å². The highest BCUT2D eigenvalue weighted by Crippen LogP contribution is 2.22. The number of carbonyl (C=O) groups is 1. The third-order valence-electron chi connectivity index (χ3n) is 2.69. The highest BCUT2D eigenvalue weighted by molar-refractivity contribution is 5.71. The minimum absolute atomic E-state index is 0.0152. The molecule has 1 aromatic carbocycles. The molecular formula is C12H14O3. The monoisotopic (exact) mass is 206 g/mol. The summed E-state index contributed by atoms with van der Waals surface area (Å²) in [6.07, 6.45) is 2.09. The van der Waals surface area contributed by atoms with Crippen molar-refractivity contribution in [1.29, 1.82) is 0 Å². The summed E-state index contributed by atoms with van der Waals surface area (Å²) in [6.45, 7) is 1.86. The lowest BCUT2D eigenvalue weighted by molar-refractivity contribution is -0.141. The van der Waals surface area contributed by atoms with Gasteiger partial charge in [-0.05, 0) is 30.5 Å². The number of carbonyl (C=O) groups excluding carboxylic acids is 1. The molecule has 0 radical (unpaired) electrons. The number of benzene rings is 1. The number of hydrogen-bond donors (Lipinski definition) is 1. The molecule has 1 fully saturated rings. The van der Waals surface area contributed by atoms with Gasteiger partial charge in [0, 0.05) is 12.8 Å². The fourth-order valence-electron chi connectivity index (χ4n) is 1.83. The molecule has 0 saturated carbocycles. The second kappa shape index (κ2) is 3.93. The summed E-state index contributed by atoms with van der Waals surface area (Å²) in [5.74, 6) is 0.206. The Bertz CT molecular complexity index is 384. The van der Waals surface area contributed by atoms with Gasteiger partial charge in [-0.3, -0.25) is 4.79 Å². The van der Waals surface area contributed by atoms with Crippen molar-refractivity contribution in [3.8, 4) is 5.75 Å². The molecule has 0 bridgehead atoms. The number of esters is 1. The largest absolute Gasteiger partial charge is 0.508 e. The van der Waals surface area contributed by atoms with Crippen molar-refractivity contribution in [3.05, 3.63) is 29.3 Å². The van der Waals surface area contributed by atoms with Gasteiger partial charge in [-0.15, -0.1) is 0 Å². The normalized spacial score (nSPS) is 20.3. The van der Waals surface area contributed by atoms with Crippen LogP contribution in [-0.2, 0) is 16.0 Å². The molecule has 1 aromatic rings. The van der Waals surface area contributed by atoms with Crippen LogP contribution in [0.15, 0.2) is 18.2 Å². The zero-order valence-electron chi connectivity index (χ0n) is 8.69. The Morgan fingerprint density at radius 3 is 2.93 bits per heavy atom. The standard InChI is InChI=1S/C12H14O3/c1-8-6-9(2-4-11(8)13)7-10-3-5-12(14)15-10/h2,4,6,10,13H,3,5,7H2,1H3. The average molecular weight is 206 g/mol. The van der Waals surface area contributed by atoms with Crippen LogP contribution in [0.25, 0.3) is 0 Å². The summed E-state index contributed by atoms with van der Waals surface area (Å²) in [7, 11) is 0. The second-order valence-electron chi connectivity index (χ2n) is 3.98. The van der Waals surface area contributed by atoms with E-state index in [1.54, 1.807) is 6.07 Å². The molecule has 1 aliphatic rings. The maximum absolute atomic E-state index is 10.9. The van der Waals surface area contributed by atoms with E-state index in [1.807, 2.05) is 19.1 Å². The van der Waals surface area contributed by atoms with E-state index in [4.69, 9.17) is 4.74 Å². The molecule has 0 aromatic heterocycles. The van der Waals surface area contributed by atoms with Crippen LogP contribution in [0, 0.1) is 6.92 Å². The van der Waals surface area contributed by atoms with Crippen LogP contribution in [0.3, 0.4) is 0 Å². The van der Waals surface area contributed by atoms with Crippen molar-refractivity contribution in [2.75, 3.05) is 0 Å². The molecule has 2 rings (SSSR count). The van der Waals surface area contributed by atoms with Gasteiger partial charge < -0.3 is 9.84 Å². The summed E-state index contributed by atoms with van der Waals surface area (Å²) in [5.41, 5.74) is 1.96.